The van der Waals surface area contributed by atoms with Gasteiger partial charge in [-0.15, -0.1) is 0 Å². The highest BCUT2D eigenvalue weighted by atomic mass is 16.3. The molecule has 4 nitrogen and oxygen atoms in total. The first-order valence-electron chi connectivity index (χ1n) is 20.7. The van der Waals surface area contributed by atoms with Crippen molar-refractivity contribution in [1.82, 2.24) is 0 Å². The van der Waals surface area contributed by atoms with Gasteiger partial charge in [-0.1, -0.05) is 48.5 Å². The highest BCUT2D eigenvalue weighted by molar-refractivity contribution is 6.27. The normalized spacial score (nSPS) is 11.8. The van der Waals surface area contributed by atoms with Crippen LogP contribution in [0.1, 0.15) is 33.4 Å². The Hall–Kier alpha value is -7.30. The second-order valence-corrected chi connectivity index (χ2v) is 16.5. The molecule has 0 aliphatic carbocycles. The first-order valence-corrected chi connectivity index (χ1v) is 20.7. The van der Waals surface area contributed by atoms with Crippen molar-refractivity contribution >= 4 is 99.5 Å². The van der Waals surface area contributed by atoms with Crippen molar-refractivity contribution in [3.63, 3.8) is 0 Å². The summed E-state index contributed by atoms with van der Waals surface area (Å²) in [6.07, 6.45) is 0. The average molecular weight is 777 g/mol. The molecule has 4 heteroatoms. The molecule has 0 spiro atoms. The molecule has 0 N–H and O–H groups in total. The van der Waals surface area contributed by atoms with E-state index in [1.807, 2.05) is 0 Å². The minimum Gasteiger partial charge on any atom is -0.456 e. The SMILES string of the molecule is Cc1cc(N(c2ccccc2)c2ccc3cc4c(cc3c2)oc2ccc3oc5cc6cc(N(c7ccccc7)c7cc(C)c(C)c(C)c7)ccc6cc5c3c24)cc(C)c1C. The Morgan fingerprint density at radius 1 is 0.300 bits per heavy atom. The van der Waals surface area contributed by atoms with Crippen molar-refractivity contribution in [2.24, 2.45) is 0 Å². The molecule has 0 fully saturated rings. The molecule has 0 saturated heterocycles. The molecule has 60 heavy (non-hydrogen) atoms. The van der Waals surface area contributed by atoms with Crippen LogP contribution in [0.3, 0.4) is 0 Å². The molecule has 0 amide bonds. The van der Waals surface area contributed by atoms with Crippen LogP contribution in [0.25, 0.3) is 65.4 Å². The molecule has 0 aliphatic heterocycles. The van der Waals surface area contributed by atoms with E-state index in [1.165, 1.54) is 33.4 Å². The molecule has 0 aliphatic rings. The van der Waals surface area contributed by atoms with E-state index in [4.69, 9.17) is 8.83 Å². The largest absolute Gasteiger partial charge is 0.456 e. The van der Waals surface area contributed by atoms with Gasteiger partial charge in [-0.25, -0.2) is 0 Å². The molecule has 9 aromatic carbocycles. The smallest absolute Gasteiger partial charge is 0.136 e. The van der Waals surface area contributed by atoms with Gasteiger partial charge in [0.1, 0.15) is 22.3 Å². The van der Waals surface area contributed by atoms with Crippen LogP contribution in [0.2, 0.25) is 0 Å². The highest BCUT2D eigenvalue weighted by Crippen LogP contribution is 2.45. The number of hydrogen-bond donors (Lipinski definition) is 0. The van der Waals surface area contributed by atoms with Gasteiger partial charge in [0.25, 0.3) is 0 Å². The van der Waals surface area contributed by atoms with E-state index in [1.54, 1.807) is 0 Å². The molecule has 290 valence electrons. The molecule has 2 heterocycles. The topological polar surface area (TPSA) is 32.8 Å². The van der Waals surface area contributed by atoms with Gasteiger partial charge in [0.2, 0.25) is 0 Å². The van der Waals surface area contributed by atoms with E-state index < -0.39 is 0 Å². The van der Waals surface area contributed by atoms with Crippen LogP contribution in [-0.4, -0.2) is 0 Å². The third kappa shape index (κ3) is 5.74. The number of anilines is 6. The zero-order valence-corrected chi connectivity index (χ0v) is 34.7. The predicted octanol–water partition coefficient (Wildman–Crippen LogP) is 16.6. The first kappa shape index (κ1) is 35.8. The number of fused-ring (bicyclic) bond motifs is 9. The maximum Gasteiger partial charge on any atom is 0.136 e. The summed E-state index contributed by atoms with van der Waals surface area (Å²) in [6.45, 7) is 13.2. The molecular weight excluding hydrogens is 733 g/mol. The second-order valence-electron chi connectivity index (χ2n) is 16.5. The Morgan fingerprint density at radius 3 is 1.07 bits per heavy atom. The zero-order chi connectivity index (χ0) is 40.8. The van der Waals surface area contributed by atoms with Crippen LogP contribution in [0, 0.1) is 41.5 Å². The number of furan rings is 2. The fourth-order valence-corrected chi connectivity index (χ4v) is 9.20. The van der Waals surface area contributed by atoms with E-state index in [0.717, 1.165) is 99.5 Å². The number of benzene rings is 9. The lowest BCUT2D eigenvalue weighted by Gasteiger charge is -2.27. The summed E-state index contributed by atoms with van der Waals surface area (Å²) >= 11 is 0. The van der Waals surface area contributed by atoms with Gasteiger partial charge in [0, 0.05) is 55.7 Å². The Labute approximate surface area is 349 Å². The first-order chi connectivity index (χ1) is 29.2. The summed E-state index contributed by atoms with van der Waals surface area (Å²) < 4.78 is 13.4. The van der Waals surface area contributed by atoms with E-state index >= 15 is 0 Å². The third-order valence-electron chi connectivity index (χ3n) is 12.8. The molecule has 2 aromatic heterocycles. The van der Waals surface area contributed by atoms with Crippen LogP contribution < -0.4 is 9.80 Å². The van der Waals surface area contributed by atoms with Crippen LogP contribution in [-0.2, 0) is 0 Å². The van der Waals surface area contributed by atoms with Gasteiger partial charge in [0.05, 0.1) is 0 Å². The number of hydrogen-bond acceptors (Lipinski definition) is 4. The van der Waals surface area contributed by atoms with Crippen molar-refractivity contribution in [1.29, 1.82) is 0 Å². The average Bonchev–Trinajstić information content (AvgIpc) is 3.80. The van der Waals surface area contributed by atoms with Crippen LogP contribution in [0.4, 0.5) is 34.1 Å². The number of rotatable bonds is 6. The van der Waals surface area contributed by atoms with Gasteiger partial charge < -0.3 is 18.6 Å². The zero-order valence-electron chi connectivity index (χ0n) is 34.7. The predicted molar refractivity (Wildman–Crippen MR) is 254 cm³/mol. The monoisotopic (exact) mass is 776 g/mol. The lowest BCUT2D eigenvalue weighted by molar-refractivity contribution is 0.663. The van der Waals surface area contributed by atoms with Gasteiger partial charge in [0.15, 0.2) is 0 Å². The third-order valence-corrected chi connectivity index (χ3v) is 12.8. The summed E-state index contributed by atoms with van der Waals surface area (Å²) in [5, 5.41) is 8.89. The number of para-hydroxylation sites is 2. The Bertz CT molecular complexity index is 3220. The van der Waals surface area contributed by atoms with Gasteiger partial charge in [-0.2, -0.15) is 0 Å². The molecule has 0 radical (unpaired) electrons. The summed E-state index contributed by atoms with van der Waals surface area (Å²) in [5.41, 5.74) is 17.9. The van der Waals surface area contributed by atoms with Gasteiger partial charge in [-0.05, 0) is 206 Å². The van der Waals surface area contributed by atoms with E-state index in [9.17, 15) is 0 Å². The molecule has 11 aromatic rings. The number of aryl methyl sites for hydroxylation is 4. The molecule has 0 atom stereocenters. The summed E-state index contributed by atoms with van der Waals surface area (Å²) in [6, 6.07) is 57.0. The van der Waals surface area contributed by atoms with Crippen LogP contribution >= 0.6 is 0 Å². The fraction of sp³-hybridized carbons (Fsp3) is 0.107. The van der Waals surface area contributed by atoms with Crippen molar-refractivity contribution in [3.8, 4) is 0 Å². The Balaban J connectivity index is 1.04. The lowest BCUT2D eigenvalue weighted by Crippen LogP contribution is -2.10. The van der Waals surface area contributed by atoms with Crippen LogP contribution in [0.15, 0.2) is 167 Å². The van der Waals surface area contributed by atoms with Gasteiger partial charge in [-0.3, -0.25) is 0 Å². The summed E-state index contributed by atoms with van der Waals surface area (Å²) in [4.78, 5) is 4.69. The fourth-order valence-electron chi connectivity index (χ4n) is 9.20. The molecule has 11 rings (SSSR count). The minimum absolute atomic E-state index is 0.852. The van der Waals surface area contributed by atoms with Crippen molar-refractivity contribution in [2.45, 2.75) is 41.5 Å². The maximum atomic E-state index is 6.68. The van der Waals surface area contributed by atoms with Crippen LogP contribution in [0.5, 0.6) is 0 Å². The maximum absolute atomic E-state index is 6.68. The summed E-state index contributed by atoms with van der Waals surface area (Å²) in [5.74, 6) is 0. The van der Waals surface area contributed by atoms with Crippen molar-refractivity contribution in [2.75, 3.05) is 9.80 Å². The second kappa shape index (κ2) is 13.6. The molecule has 0 saturated carbocycles. The molecular formula is C56H44N2O2. The standard InChI is InChI=1S/C56H44N2O2/c1-33-23-47(24-34(2)37(33)5)57(43-13-9-7-10-14-43)45-19-17-39-29-49-53(31-41(39)27-45)59-51-21-22-52-56(55(49)51)50-30-40-18-20-46(28-42(40)32-54(50)60-52)58(44-15-11-8-12-16-44)48-25-35(3)38(6)36(4)26-48/h7-32H,1-6H3. The van der Waals surface area contributed by atoms with E-state index in [2.05, 4.69) is 209 Å². The highest BCUT2D eigenvalue weighted by Gasteiger charge is 2.21. The summed E-state index contributed by atoms with van der Waals surface area (Å²) in [7, 11) is 0. The quantitative estimate of drug-likeness (QED) is 0.168. The lowest BCUT2D eigenvalue weighted by atomic mass is 9.99. The van der Waals surface area contributed by atoms with Crippen molar-refractivity contribution in [3.05, 3.63) is 191 Å². The number of nitrogens with zero attached hydrogens (tertiary/aromatic N) is 2. The Morgan fingerprint density at radius 2 is 0.683 bits per heavy atom. The van der Waals surface area contributed by atoms with E-state index in [0.29, 0.717) is 0 Å². The molecule has 0 unspecified atom stereocenters. The minimum atomic E-state index is 0.852. The molecule has 0 bridgehead atoms. The van der Waals surface area contributed by atoms with Gasteiger partial charge >= 0.3 is 0 Å². The Kier molecular flexibility index (Phi) is 8.15. The van der Waals surface area contributed by atoms with E-state index in [-0.39, 0.29) is 0 Å². The van der Waals surface area contributed by atoms with Crippen molar-refractivity contribution < 1.29 is 8.83 Å².